The number of rotatable bonds is 3. The van der Waals surface area contributed by atoms with E-state index in [2.05, 4.69) is 12.1 Å². The average Bonchev–Trinajstić information content (AvgIpc) is 2.40. The normalized spacial score (nSPS) is 17.8. The molecule has 1 aliphatic rings. The van der Waals surface area contributed by atoms with Crippen molar-refractivity contribution in [2.45, 2.75) is 39.5 Å². The van der Waals surface area contributed by atoms with E-state index in [1.807, 2.05) is 19.9 Å². The molecule has 1 aromatic carbocycles. The number of methoxy groups -OCH3 is 1. The molecule has 1 atom stereocenters. The standard InChI is InChI=1S/C13H18O2.C2H6/c1-15-13-5-4-11-3-2-10(6-7-14)8-12(11)9-13;1-2/h4-5,9-10,14H,2-3,6-8H2,1H3;1-2H3. The number of aryl methyl sites for hydroxylation is 1. The maximum atomic E-state index is 8.94. The molecule has 1 N–H and O–H groups in total. The molecule has 2 nitrogen and oxygen atoms in total. The first-order chi connectivity index (χ1) is 8.33. The van der Waals surface area contributed by atoms with Gasteiger partial charge in [-0.05, 0) is 54.9 Å². The van der Waals surface area contributed by atoms with Crippen LogP contribution in [0.1, 0.15) is 37.8 Å². The van der Waals surface area contributed by atoms with Crippen LogP contribution in [-0.4, -0.2) is 18.8 Å². The summed E-state index contributed by atoms with van der Waals surface area (Å²) < 4.78 is 5.23. The molecule has 0 spiro atoms. The lowest BCUT2D eigenvalue weighted by Gasteiger charge is -2.24. The number of fused-ring (bicyclic) bond motifs is 1. The molecule has 0 aromatic heterocycles. The van der Waals surface area contributed by atoms with Gasteiger partial charge in [0.15, 0.2) is 0 Å². The lowest BCUT2D eigenvalue weighted by atomic mass is 9.82. The Balaban J connectivity index is 0.000000686. The number of benzene rings is 1. The fourth-order valence-electron chi connectivity index (χ4n) is 2.36. The average molecular weight is 236 g/mol. The van der Waals surface area contributed by atoms with Crippen LogP contribution in [-0.2, 0) is 12.8 Å². The molecule has 2 rings (SSSR count). The fourth-order valence-corrected chi connectivity index (χ4v) is 2.36. The molecule has 0 radical (unpaired) electrons. The monoisotopic (exact) mass is 236 g/mol. The van der Waals surface area contributed by atoms with Gasteiger partial charge in [-0.3, -0.25) is 0 Å². The summed E-state index contributed by atoms with van der Waals surface area (Å²) in [6, 6.07) is 6.34. The molecule has 96 valence electrons. The van der Waals surface area contributed by atoms with Gasteiger partial charge in [0.2, 0.25) is 0 Å². The molecule has 1 unspecified atom stereocenters. The van der Waals surface area contributed by atoms with Gasteiger partial charge in [0.1, 0.15) is 5.75 Å². The Kier molecular flexibility index (Phi) is 6.06. The SMILES string of the molecule is CC.COc1ccc2c(c1)CC(CCO)CC2. The number of hydrogen-bond donors (Lipinski definition) is 1. The maximum Gasteiger partial charge on any atom is 0.119 e. The van der Waals surface area contributed by atoms with Crippen LogP contribution >= 0.6 is 0 Å². The number of aliphatic hydroxyl groups excluding tert-OH is 1. The summed E-state index contributed by atoms with van der Waals surface area (Å²) >= 11 is 0. The quantitative estimate of drug-likeness (QED) is 0.873. The van der Waals surface area contributed by atoms with Crippen molar-refractivity contribution in [3.63, 3.8) is 0 Å². The van der Waals surface area contributed by atoms with E-state index in [1.54, 1.807) is 7.11 Å². The summed E-state index contributed by atoms with van der Waals surface area (Å²) in [6.45, 7) is 4.31. The summed E-state index contributed by atoms with van der Waals surface area (Å²) in [5.74, 6) is 1.59. The lowest BCUT2D eigenvalue weighted by Crippen LogP contribution is -2.15. The van der Waals surface area contributed by atoms with Crippen molar-refractivity contribution in [2.24, 2.45) is 5.92 Å². The molecule has 0 fully saturated rings. The highest BCUT2D eigenvalue weighted by Gasteiger charge is 2.18. The Morgan fingerprint density at radius 1 is 1.29 bits per heavy atom. The third-order valence-corrected chi connectivity index (χ3v) is 3.28. The van der Waals surface area contributed by atoms with E-state index in [4.69, 9.17) is 9.84 Å². The Morgan fingerprint density at radius 2 is 2.06 bits per heavy atom. The molecular formula is C15H24O2. The molecule has 0 amide bonds. The first kappa shape index (κ1) is 14.0. The Labute approximate surface area is 105 Å². The molecule has 17 heavy (non-hydrogen) atoms. The van der Waals surface area contributed by atoms with Crippen LogP contribution in [0.2, 0.25) is 0 Å². The maximum absolute atomic E-state index is 8.94. The van der Waals surface area contributed by atoms with E-state index in [0.29, 0.717) is 12.5 Å². The van der Waals surface area contributed by atoms with Crippen molar-refractivity contribution in [3.05, 3.63) is 29.3 Å². The molecule has 2 heteroatoms. The van der Waals surface area contributed by atoms with Crippen LogP contribution in [0.25, 0.3) is 0 Å². The second kappa shape index (κ2) is 7.33. The second-order valence-corrected chi connectivity index (χ2v) is 4.26. The summed E-state index contributed by atoms with van der Waals surface area (Å²) in [6.07, 6.45) is 4.37. The van der Waals surface area contributed by atoms with E-state index >= 15 is 0 Å². The van der Waals surface area contributed by atoms with Crippen molar-refractivity contribution < 1.29 is 9.84 Å². The zero-order valence-corrected chi connectivity index (χ0v) is 11.2. The fraction of sp³-hybridized carbons (Fsp3) is 0.600. The van der Waals surface area contributed by atoms with Crippen molar-refractivity contribution in [1.82, 2.24) is 0 Å². The van der Waals surface area contributed by atoms with Gasteiger partial charge < -0.3 is 9.84 Å². The Bertz CT molecular complexity index is 334. The summed E-state index contributed by atoms with van der Waals surface area (Å²) in [5, 5.41) is 8.94. The van der Waals surface area contributed by atoms with Crippen molar-refractivity contribution in [1.29, 1.82) is 0 Å². The topological polar surface area (TPSA) is 29.5 Å². The van der Waals surface area contributed by atoms with Gasteiger partial charge in [0.25, 0.3) is 0 Å². The predicted molar refractivity (Wildman–Crippen MR) is 71.6 cm³/mol. The van der Waals surface area contributed by atoms with E-state index in [0.717, 1.165) is 25.0 Å². The molecule has 0 bridgehead atoms. The smallest absolute Gasteiger partial charge is 0.119 e. The third-order valence-electron chi connectivity index (χ3n) is 3.28. The van der Waals surface area contributed by atoms with Gasteiger partial charge in [-0.1, -0.05) is 19.9 Å². The van der Waals surface area contributed by atoms with Gasteiger partial charge in [-0.2, -0.15) is 0 Å². The third kappa shape index (κ3) is 3.74. The molecule has 0 aliphatic heterocycles. The predicted octanol–water partition coefficient (Wildman–Crippen LogP) is 3.21. The molecule has 0 saturated carbocycles. The van der Waals surface area contributed by atoms with Crippen molar-refractivity contribution in [3.8, 4) is 5.75 Å². The highest BCUT2D eigenvalue weighted by atomic mass is 16.5. The van der Waals surface area contributed by atoms with Gasteiger partial charge in [0, 0.05) is 6.61 Å². The molecular weight excluding hydrogens is 212 g/mol. The molecule has 1 aliphatic carbocycles. The van der Waals surface area contributed by atoms with Crippen LogP contribution in [0.3, 0.4) is 0 Å². The zero-order valence-electron chi connectivity index (χ0n) is 11.2. The van der Waals surface area contributed by atoms with Gasteiger partial charge in [-0.25, -0.2) is 0 Å². The summed E-state index contributed by atoms with van der Waals surface area (Å²) in [4.78, 5) is 0. The van der Waals surface area contributed by atoms with Crippen LogP contribution in [0.5, 0.6) is 5.75 Å². The van der Waals surface area contributed by atoms with E-state index in [9.17, 15) is 0 Å². The van der Waals surface area contributed by atoms with Crippen molar-refractivity contribution in [2.75, 3.05) is 13.7 Å². The summed E-state index contributed by atoms with van der Waals surface area (Å²) in [7, 11) is 1.70. The molecule has 1 aromatic rings. The molecule has 0 heterocycles. The minimum atomic E-state index is 0.309. The minimum Gasteiger partial charge on any atom is -0.497 e. The van der Waals surface area contributed by atoms with E-state index in [1.165, 1.54) is 17.5 Å². The number of hydrogen-bond acceptors (Lipinski definition) is 2. The van der Waals surface area contributed by atoms with E-state index in [-0.39, 0.29) is 0 Å². The van der Waals surface area contributed by atoms with Crippen molar-refractivity contribution >= 4 is 0 Å². The van der Waals surface area contributed by atoms with Crippen LogP contribution in [0.15, 0.2) is 18.2 Å². The lowest BCUT2D eigenvalue weighted by molar-refractivity contribution is 0.248. The van der Waals surface area contributed by atoms with Gasteiger partial charge >= 0.3 is 0 Å². The Hall–Kier alpha value is -1.02. The van der Waals surface area contributed by atoms with E-state index < -0.39 is 0 Å². The highest BCUT2D eigenvalue weighted by molar-refractivity contribution is 5.37. The number of ether oxygens (including phenoxy) is 1. The van der Waals surface area contributed by atoms with Gasteiger partial charge in [0.05, 0.1) is 7.11 Å². The first-order valence-corrected chi connectivity index (χ1v) is 6.60. The highest BCUT2D eigenvalue weighted by Crippen LogP contribution is 2.29. The number of aliphatic hydroxyl groups is 1. The first-order valence-electron chi connectivity index (χ1n) is 6.60. The largest absolute Gasteiger partial charge is 0.497 e. The second-order valence-electron chi connectivity index (χ2n) is 4.26. The van der Waals surface area contributed by atoms with Crippen LogP contribution in [0.4, 0.5) is 0 Å². The minimum absolute atomic E-state index is 0.309. The van der Waals surface area contributed by atoms with Gasteiger partial charge in [-0.15, -0.1) is 0 Å². The Morgan fingerprint density at radius 3 is 2.71 bits per heavy atom. The zero-order chi connectivity index (χ0) is 12.7. The van der Waals surface area contributed by atoms with Crippen LogP contribution < -0.4 is 4.74 Å². The molecule has 0 saturated heterocycles. The summed E-state index contributed by atoms with van der Waals surface area (Å²) in [5.41, 5.74) is 2.85. The van der Waals surface area contributed by atoms with Crippen LogP contribution in [0, 0.1) is 5.92 Å².